The van der Waals surface area contributed by atoms with E-state index in [2.05, 4.69) is 6.92 Å². The van der Waals surface area contributed by atoms with Crippen molar-refractivity contribution in [2.24, 2.45) is 11.1 Å². The van der Waals surface area contributed by atoms with Crippen LogP contribution in [0.25, 0.3) is 0 Å². The molecule has 0 aromatic carbocycles. The van der Waals surface area contributed by atoms with E-state index in [9.17, 15) is 0 Å². The number of hydrogen-bond acceptors (Lipinski definition) is 1. The molecule has 1 heteroatoms. The first-order chi connectivity index (χ1) is 4.83. The molecular weight excluding hydrogens is 122 g/mol. The fraction of sp³-hybridized carbons (Fsp3) is 1.00. The predicted octanol–water partition coefficient (Wildman–Crippen LogP) is 2.31. The van der Waals surface area contributed by atoms with Crippen LogP contribution in [-0.4, -0.2) is 6.54 Å². The Morgan fingerprint density at radius 1 is 1.40 bits per heavy atom. The zero-order valence-corrected chi connectivity index (χ0v) is 7.03. The van der Waals surface area contributed by atoms with Crippen LogP contribution in [0.15, 0.2) is 0 Å². The minimum absolute atomic E-state index is 0.735. The Balaban J connectivity index is 2.20. The summed E-state index contributed by atoms with van der Waals surface area (Å²) in [7, 11) is 0. The van der Waals surface area contributed by atoms with Gasteiger partial charge in [0.05, 0.1) is 0 Å². The first-order valence-corrected chi connectivity index (χ1v) is 4.53. The quantitative estimate of drug-likeness (QED) is 0.638. The molecule has 0 radical (unpaired) electrons. The lowest BCUT2D eigenvalue weighted by Crippen LogP contribution is -2.29. The van der Waals surface area contributed by atoms with E-state index < -0.39 is 0 Å². The van der Waals surface area contributed by atoms with E-state index in [1.807, 2.05) is 0 Å². The molecule has 0 bridgehead atoms. The molecule has 1 rings (SSSR count). The largest absolute Gasteiger partial charge is 0.330 e. The van der Waals surface area contributed by atoms with E-state index in [4.69, 9.17) is 5.73 Å². The van der Waals surface area contributed by atoms with Crippen molar-refractivity contribution in [1.82, 2.24) is 0 Å². The Labute approximate surface area is 64.0 Å². The Bertz CT molecular complexity index is 89.4. The molecule has 0 aliphatic heterocycles. The zero-order valence-electron chi connectivity index (χ0n) is 7.03. The lowest BCUT2D eigenvalue weighted by atomic mass is 9.64. The van der Waals surface area contributed by atoms with E-state index >= 15 is 0 Å². The molecule has 60 valence electrons. The van der Waals surface area contributed by atoms with Crippen LogP contribution in [0.2, 0.25) is 0 Å². The highest BCUT2D eigenvalue weighted by molar-refractivity contribution is 4.86. The number of nitrogens with two attached hydrogens (primary N) is 1. The molecule has 0 unspecified atom stereocenters. The third-order valence-corrected chi connectivity index (χ3v) is 3.08. The van der Waals surface area contributed by atoms with Crippen LogP contribution in [0.4, 0.5) is 0 Å². The molecule has 1 saturated carbocycles. The molecule has 0 spiro atoms. The van der Waals surface area contributed by atoms with Gasteiger partial charge in [-0.25, -0.2) is 0 Å². The summed E-state index contributed by atoms with van der Waals surface area (Å²) in [5, 5.41) is 0. The van der Waals surface area contributed by atoms with E-state index in [0.717, 1.165) is 12.0 Å². The molecule has 0 heterocycles. The summed E-state index contributed by atoms with van der Waals surface area (Å²) in [4.78, 5) is 0. The summed E-state index contributed by atoms with van der Waals surface area (Å²) in [6.07, 6.45) is 8.35. The molecule has 1 aliphatic rings. The Morgan fingerprint density at radius 3 is 2.40 bits per heavy atom. The first kappa shape index (κ1) is 8.06. The second-order valence-corrected chi connectivity index (χ2v) is 3.60. The van der Waals surface area contributed by atoms with E-state index in [1.54, 1.807) is 0 Å². The monoisotopic (exact) mass is 141 g/mol. The van der Waals surface area contributed by atoms with Crippen LogP contribution in [0.3, 0.4) is 0 Å². The molecule has 0 aromatic heterocycles. The highest BCUT2D eigenvalue weighted by atomic mass is 14.5. The molecule has 0 atom stereocenters. The molecule has 0 aromatic rings. The number of hydrogen-bond donors (Lipinski definition) is 1. The number of rotatable bonds is 4. The smallest absolute Gasteiger partial charge is 0.00771 e. The van der Waals surface area contributed by atoms with Crippen LogP contribution >= 0.6 is 0 Å². The summed E-state index contributed by atoms with van der Waals surface area (Å²) in [6, 6.07) is 0. The second kappa shape index (κ2) is 3.38. The van der Waals surface area contributed by atoms with Crippen LogP contribution in [0.5, 0.6) is 0 Å². The molecule has 1 fully saturated rings. The summed E-state index contributed by atoms with van der Waals surface area (Å²) < 4.78 is 0. The van der Waals surface area contributed by atoms with Gasteiger partial charge in [-0.1, -0.05) is 19.8 Å². The van der Waals surface area contributed by atoms with E-state index in [-0.39, 0.29) is 0 Å². The Kier molecular flexibility index (Phi) is 2.72. The summed E-state index contributed by atoms with van der Waals surface area (Å²) in [5.74, 6) is 0. The van der Waals surface area contributed by atoms with Gasteiger partial charge in [0, 0.05) is 0 Å². The van der Waals surface area contributed by atoms with E-state index in [1.165, 1.54) is 38.5 Å². The molecule has 2 N–H and O–H groups in total. The average molecular weight is 141 g/mol. The lowest BCUT2D eigenvalue weighted by Gasteiger charge is -2.41. The van der Waals surface area contributed by atoms with Gasteiger partial charge in [0.1, 0.15) is 0 Å². The molecule has 0 amide bonds. The normalized spacial score (nSPS) is 22.2. The van der Waals surface area contributed by atoms with Crippen LogP contribution in [0.1, 0.15) is 45.4 Å². The minimum Gasteiger partial charge on any atom is -0.330 e. The van der Waals surface area contributed by atoms with Crippen molar-refractivity contribution in [1.29, 1.82) is 0 Å². The van der Waals surface area contributed by atoms with Gasteiger partial charge in [-0.05, 0) is 37.6 Å². The van der Waals surface area contributed by atoms with E-state index in [0.29, 0.717) is 0 Å². The average Bonchev–Trinajstić information content (AvgIpc) is 1.87. The Hall–Kier alpha value is -0.0400. The van der Waals surface area contributed by atoms with Crippen molar-refractivity contribution in [3.05, 3.63) is 0 Å². The van der Waals surface area contributed by atoms with Gasteiger partial charge in [0.15, 0.2) is 0 Å². The van der Waals surface area contributed by atoms with Crippen molar-refractivity contribution >= 4 is 0 Å². The second-order valence-electron chi connectivity index (χ2n) is 3.60. The highest BCUT2D eigenvalue weighted by Crippen LogP contribution is 2.47. The maximum absolute atomic E-state index is 5.47. The minimum atomic E-state index is 0.735. The van der Waals surface area contributed by atoms with Crippen LogP contribution in [-0.2, 0) is 0 Å². The third-order valence-electron chi connectivity index (χ3n) is 3.08. The Morgan fingerprint density at radius 2 is 2.10 bits per heavy atom. The van der Waals surface area contributed by atoms with Crippen molar-refractivity contribution in [2.75, 3.05) is 6.54 Å². The maximum atomic E-state index is 5.47. The van der Waals surface area contributed by atoms with Crippen molar-refractivity contribution < 1.29 is 0 Å². The molecule has 0 saturated heterocycles. The fourth-order valence-electron chi connectivity index (χ4n) is 1.93. The van der Waals surface area contributed by atoms with Crippen molar-refractivity contribution in [2.45, 2.75) is 45.4 Å². The summed E-state index contributed by atoms with van der Waals surface area (Å²) in [5.41, 5.74) is 6.20. The van der Waals surface area contributed by atoms with Gasteiger partial charge in [-0.2, -0.15) is 0 Å². The predicted molar refractivity (Wildman–Crippen MR) is 44.9 cm³/mol. The van der Waals surface area contributed by atoms with Crippen molar-refractivity contribution in [3.63, 3.8) is 0 Å². The van der Waals surface area contributed by atoms with Gasteiger partial charge in [0.2, 0.25) is 0 Å². The zero-order chi connectivity index (χ0) is 7.45. The van der Waals surface area contributed by atoms with Gasteiger partial charge in [-0.3, -0.25) is 0 Å². The standard InChI is InChI=1S/C9H19N/c1-2-9(5-3-6-9)7-4-8-10/h2-8,10H2,1H3. The molecule has 1 aliphatic carbocycles. The van der Waals surface area contributed by atoms with Crippen molar-refractivity contribution in [3.8, 4) is 0 Å². The molecular formula is C9H19N. The summed E-state index contributed by atoms with van der Waals surface area (Å²) >= 11 is 0. The maximum Gasteiger partial charge on any atom is -0.00771 e. The third kappa shape index (κ3) is 1.51. The van der Waals surface area contributed by atoms with Gasteiger partial charge >= 0.3 is 0 Å². The van der Waals surface area contributed by atoms with Crippen LogP contribution in [0, 0.1) is 5.41 Å². The van der Waals surface area contributed by atoms with Crippen LogP contribution < -0.4 is 5.73 Å². The van der Waals surface area contributed by atoms with Gasteiger partial charge in [0.25, 0.3) is 0 Å². The van der Waals surface area contributed by atoms with Gasteiger partial charge < -0.3 is 5.73 Å². The highest BCUT2D eigenvalue weighted by Gasteiger charge is 2.33. The lowest BCUT2D eigenvalue weighted by molar-refractivity contribution is 0.111. The summed E-state index contributed by atoms with van der Waals surface area (Å²) in [6.45, 7) is 3.19. The van der Waals surface area contributed by atoms with Gasteiger partial charge in [-0.15, -0.1) is 0 Å². The topological polar surface area (TPSA) is 26.0 Å². The first-order valence-electron chi connectivity index (χ1n) is 4.53. The fourth-order valence-corrected chi connectivity index (χ4v) is 1.93. The molecule has 1 nitrogen and oxygen atoms in total. The SMILES string of the molecule is CCC1(CCCN)CCC1. The molecule has 10 heavy (non-hydrogen) atoms.